The minimum Gasteiger partial charge on any atom is -0.326 e. The molecule has 0 unspecified atom stereocenters. The van der Waals surface area contributed by atoms with Crippen LogP contribution in [0.15, 0.2) is 45.8 Å². The van der Waals surface area contributed by atoms with Gasteiger partial charge in [-0.25, -0.2) is 12.8 Å². The van der Waals surface area contributed by atoms with Gasteiger partial charge in [0.1, 0.15) is 5.82 Å². The van der Waals surface area contributed by atoms with Crippen molar-refractivity contribution in [1.29, 1.82) is 0 Å². The Kier molecular flexibility index (Phi) is 4.65. The molecule has 0 aliphatic carbocycles. The molecule has 0 aliphatic rings. The number of halogens is 2. The topological polar surface area (TPSA) is 72.2 Å². The number of sulfonamides is 1. The molecular formula is C14H14BrFN2O2S. The van der Waals surface area contributed by atoms with Crippen LogP contribution in [0.2, 0.25) is 0 Å². The number of nitrogens with one attached hydrogen (secondary N) is 1. The molecule has 0 fully saturated rings. The first-order chi connectivity index (χ1) is 9.83. The molecule has 4 nitrogen and oxygen atoms in total. The molecule has 0 aromatic heterocycles. The third kappa shape index (κ3) is 3.61. The number of benzene rings is 2. The first-order valence-corrected chi connectivity index (χ1v) is 8.38. The van der Waals surface area contributed by atoms with Crippen molar-refractivity contribution in [2.24, 2.45) is 5.73 Å². The van der Waals surface area contributed by atoms with Crippen molar-refractivity contribution in [3.05, 3.63) is 57.8 Å². The van der Waals surface area contributed by atoms with Crippen molar-refractivity contribution in [1.82, 2.24) is 0 Å². The molecular weight excluding hydrogens is 359 g/mol. The molecule has 0 saturated heterocycles. The zero-order valence-corrected chi connectivity index (χ0v) is 13.6. The van der Waals surface area contributed by atoms with Gasteiger partial charge >= 0.3 is 0 Å². The average Bonchev–Trinajstić information content (AvgIpc) is 2.43. The minimum atomic E-state index is -3.80. The smallest absolute Gasteiger partial charge is 0.261 e. The summed E-state index contributed by atoms with van der Waals surface area (Å²) in [6.45, 7) is 1.79. The van der Waals surface area contributed by atoms with Crippen molar-refractivity contribution < 1.29 is 12.8 Å². The van der Waals surface area contributed by atoms with Gasteiger partial charge < -0.3 is 5.73 Å². The number of anilines is 1. The fourth-order valence-electron chi connectivity index (χ4n) is 1.80. The SMILES string of the molecule is Cc1ccc(Br)c(NS(=O)(=O)c2ccc(F)c(CN)c2)c1. The molecule has 0 atom stereocenters. The average molecular weight is 373 g/mol. The summed E-state index contributed by atoms with van der Waals surface area (Å²) in [5, 5.41) is 0. The summed E-state index contributed by atoms with van der Waals surface area (Å²) in [7, 11) is -3.80. The molecule has 0 spiro atoms. The van der Waals surface area contributed by atoms with Crippen LogP contribution < -0.4 is 10.5 Å². The highest BCUT2D eigenvalue weighted by molar-refractivity contribution is 9.10. The van der Waals surface area contributed by atoms with Gasteiger partial charge in [0, 0.05) is 16.6 Å². The molecule has 0 amide bonds. The Bertz CT molecular complexity index is 779. The van der Waals surface area contributed by atoms with E-state index in [1.54, 1.807) is 12.1 Å². The van der Waals surface area contributed by atoms with E-state index >= 15 is 0 Å². The highest BCUT2D eigenvalue weighted by Gasteiger charge is 2.17. The predicted molar refractivity (Wildman–Crippen MR) is 84.0 cm³/mol. The Morgan fingerprint density at radius 1 is 1.24 bits per heavy atom. The van der Waals surface area contributed by atoms with Gasteiger partial charge in [-0.15, -0.1) is 0 Å². The van der Waals surface area contributed by atoms with E-state index in [4.69, 9.17) is 5.73 Å². The minimum absolute atomic E-state index is 0.0299. The maximum Gasteiger partial charge on any atom is 0.261 e. The summed E-state index contributed by atoms with van der Waals surface area (Å²) < 4.78 is 41.2. The van der Waals surface area contributed by atoms with Gasteiger partial charge in [0.05, 0.1) is 10.6 Å². The van der Waals surface area contributed by atoms with E-state index in [1.807, 2.05) is 13.0 Å². The summed E-state index contributed by atoms with van der Waals surface area (Å²) in [5.41, 5.74) is 6.89. The van der Waals surface area contributed by atoms with E-state index < -0.39 is 15.8 Å². The highest BCUT2D eigenvalue weighted by atomic mass is 79.9. The molecule has 112 valence electrons. The summed E-state index contributed by atoms with van der Waals surface area (Å²) in [4.78, 5) is -0.0299. The highest BCUT2D eigenvalue weighted by Crippen LogP contribution is 2.26. The van der Waals surface area contributed by atoms with Gasteiger partial charge in [-0.05, 0) is 58.7 Å². The zero-order valence-electron chi connectivity index (χ0n) is 11.2. The molecule has 0 aliphatic heterocycles. The number of rotatable bonds is 4. The van der Waals surface area contributed by atoms with Crippen LogP contribution >= 0.6 is 15.9 Å². The fourth-order valence-corrected chi connectivity index (χ4v) is 3.39. The summed E-state index contributed by atoms with van der Waals surface area (Å²) in [6.07, 6.45) is 0. The lowest BCUT2D eigenvalue weighted by molar-refractivity contribution is 0.596. The maximum absolute atomic E-state index is 13.4. The monoisotopic (exact) mass is 372 g/mol. The quantitative estimate of drug-likeness (QED) is 0.865. The number of hydrogen-bond acceptors (Lipinski definition) is 3. The molecule has 7 heteroatoms. The Hall–Kier alpha value is -1.44. The van der Waals surface area contributed by atoms with Crippen LogP contribution in [0.25, 0.3) is 0 Å². The van der Waals surface area contributed by atoms with E-state index in [1.165, 1.54) is 12.1 Å². The Morgan fingerprint density at radius 2 is 1.95 bits per heavy atom. The molecule has 0 bridgehead atoms. The van der Waals surface area contributed by atoms with Gasteiger partial charge in [-0.3, -0.25) is 4.72 Å². The van der Waals surface area contributed by atoms with Gasteiger partial charge in [-0.1, -0.05) is 6.07 Å². The Morgan fingerprint density at radius 3 is 2.62 bits per heavy atom. The lowest BCUT2D eigenvalue weighted by Gasteiger charge is -2.11. The van der Waals surface area contributed by atoms with E-state index in [2.05, 4.69) is 20.7 Å². The maximum atomic E-state index is 13.4. The summed E-state index contributed by atoms with van der Waals surface area (Å²) >= 11 is 3.29. The van der Waals surface area contributed by atoms with Crippen LogP contribution in [0.4, 0.5) is 10.1 Å². The molecule has 0 radical (unpaired) electrons. The van der Waals surface area contributed by atoms with Crippen LogP contribution in [0, 0.1) is 12.7 Å². The molecule has 2 rings (SSSR count). The standard InChI is InChI=1S/C14H14BrFN2O2S/c1-9-2-4-12(15)14(6-9)18-21(19,20)11-3-5-13(16)10(7-11)8-17/h2-7,18H,8,17H2,1H3. The molecule has 3 N–H and O–H groups in total. The van der Waals surface area contributed by atoms with Gasteiger partial charge in [0.2, 0.25) is 0 Å². The van der Waals surface area contributed by atoms with Gasteiger partial charge in [0.15, 0.2) is 0 Å². The Labute approximate surface area is 131 Å². The van der Waals surface area contributed by atoms with Crippen LogP contribution in [0.1, 0.15) is 11.1 Å². The van der Waals surface area contributed by atoms with Crippen LogP contribution in [-0.4, -0.2) is 8.42 Å². The molecule has 2 aromatic rings. The second-order valence-electron chi connectivity index (χ2n) is 4.55. The molecule has 21 heavy (non-hydrogen) atoms. The second kappa shape index (κ2) is 6.13. The van der Waals surface area contributed by atoms with Crippen molar-refractivity contribution >= 4 is 31.6 Å². The largest absolute Gasteiger partial charge is 0.326 e. The van der Waals surface area contributed by atoms with E-state index in [0.717, 1.165) is 11.6 Å². The third-order valence-corrected chi connectivity index (χ3v) is 4.97. The van der Waals surface area contributed by atoms with Crippen molar-refractivity contribution in [3.63, 3.8) is 0 Å². The van der Waals surface area contributed by atoms with Crippen molar-refractivity contribution in [3.8, 4) is 0 Å². The van der Waals surface area contributed by atoms with Crippen molar-refractivity contribution in [2.75, 3.05) is 4.72 Å². The molecule has 2 aromatic carbocycles. The number of nitrogens with two attached hydrogens (primary N) is 1. The van der Waals surface area contributed by atoms with E-state index in [-0.39, 0.29) is 17.0 Å². The lowest BCUT2D eigenvalue weighted by Crippen LogP contribution is -2.14. The Balaban J connectivity index is 2.41. The summed E-state index contributed by atoms with van der Waals surface area (Å²) in [6, 6.07) is 8.86. The van der Waals surface area contributed by atoms with Crippen LogP contribution in [0.5, 0.6) is 0 Å². The van der Waals surface area contributed by atoms with Gasteiger partial charge in [-0.2, -0.15) is 0 Å². The fraction of sp³-hybridized carbons (Fsp3) is 0.143. The predicted octanol–water partition coefficient (Wildman–Crippen LogP) is 3.16. The zero-order chi connectivity index (χ0) is 15.6. The van der Waals surface area contributed by atoms with Crippen molar-refractivity contribution in [2.45, 2.75) is 18.4 Å². The summed E-state index contributed by atoms with van der Waals surface area (Å²) in [5.74, 6) is -0.520. The number of aryl methyl sites for hydroxylation is 1. The molecule has 0 saturated carbocycles. The van der Waals surface area contributed by atoms with Crippen LogP contribution in [-0.2, 0) is 16.6 Å². The van der Waals surface area contributed by atoms with Gasteiger partial charge in [0.25, 0.3) is 10.0 Å². The lowest BCUT2D eigenvalue weighted by atomic mass is 10.2. The van der Waals surface area contributed by atoms with E-state index in [0.29, 0.717) is 10.2 Å². The number of hydrogen-bond donors (Lipinski definition) is 2. The first kappa shape index (κ1) is 15.9. The van der Waals surface area contributed by atoms with Crippen LogP contribution in [0.3, 0.4) is 0 Å². The molecule has 0 heterocycles. The second-order valence-corrected chi connectivity index (χ2v) is 7.08. The normalized spacial score (nSPS) is 11.4. The first-order valence-electron chi connectivity index (χ1n) is 6.11. The van der Waals surface area contributed by atoms with E-state index in [9.17, 15) is 12.8 Å². The third-order valence-electron chi connectivity index (χ3n) is 2.91.